The minimum absolute atomic E-state index is 0.00201. The number of benzene rings is 1. The van der Waals surface area contributed by atoms with Crippen molar-refractivity contribution in [2.24, 2.45) is 5.41 Å². The number of hydrogen-bond acceptors (Lipinski definition) is 3. The Labute approximate surface area is 143 Å². The Morgan fingerprint density at radius 3 is 2.42 bits per heavy atom. The summed E-state index contributed by atoms with van der Waals surface area (Å²) in [5.41, 5.74) is 1.35. The zero-order chi connectivity index (χ0) is 17.2. The van der Waals surface area contributed by atoms with Gasteiger partial charge in [0.25, 0.3) is 0 Å². The summed E-state index contributed by atoms with van der Waals surface area (Å²) < 4.78 is 0. The van der Waals surface area contributed by atoms with Crippen LogP contribution < -0.4 is 0 Å². The van der Waals surface area contributed by atoms with Crippen LogP contribution in [0.1, 0.15) is 31.7 Å². The fraction of sp³-hybridized carbons (Fsp3) is 0.579. The third-order valence-corrected chi connectivity index (χ3v) is 5.67. The third-order valence-electron chi connectivity index (χ3n) is 5.67. The molecule has 3 rings (SSSR count). The quantitative estimate of drug-likeness (QED) is 0.917. The lowest BCUT2D eigenvalue weighted by Crippen LogP contribution is -2.43. The molecule has 1 aromatic carbocycles. The Kier molecular flexibility index (Phi) is 4.90. The zero-order valence-corrected chi connectivity index (χ0v) is 14.3. The Bertz CT molecular complexity index is 570. The minimum atomic E-state index is -0.867. The predicted octanol–water partition coefficient (Wildman–Crippen LogP) is 2.02. The maximum absolute atomic E-state index is 11.8. The number of likely N-dealkylation sites (tertiary alicyclic amines) is 2. The first-order valence-corrected chi connectivity index (χ1v) is 8.75. The van der Waals surface area contributed by atoms with Gasteiger partial charge in [-0.15, -0.1) is 0 Å². The van der Waals surface area contributed by atoms with Crippen LogP contribution in [-0.2, 0) is 16.0 Å². The molecule has 2 aliphatic rings. The number of rotatable bonds is 4. The molecule has 1 spiro atoms. The molecule has 0 saturated carbocycles. The molecule has 2 fully saturated rings. The molecular formula is C19H26N2O3. The number of carboxylic acid groups (broad SMARTS) is 1. The van der Waals surface area contributed by atoms with Gasteiger partial charge in [-0.3, -0.25) is 4.79 Å². The molecule has 2 saturated heterocycles. The van der Waals surface area contributed by atoms with Crippen molar-refractivity contribution < 1.29 is 14.7 Å². The number of carbonyl (C=O) groups excluding carboxylic acids is 1. The van der Waals surface area contributed by atoms with Gasteiger partial charge in [-0.25, -0.2) is 4.79 Å². The van der Waals surface area contributed by atoms with Crippen molar-refractivity contribution in [3.63, 3.8) is 0 Å². The molecule has 1 aromatic rings. The Balaban J connectivity index is 1.54. The standard InChI is InChI=1S/C19H26N2O3/c1-15(22)21-14-19(13-17(21)18(23)24)8-11-20(12-9-19)10-7-16-5-3-2-4-6-16/h2-6,17H,7-14H2,1H3,(H,23,24)/t17-/m0/s1. The number of aliphatic carboxylic acids is 1. The molecule has 24 heavy (non-hydrogen) atoms. The van der Waals surface area contributed by atoms with Crippen LogP contribution >= 0.6 is 0 Å². The van der Waals surface area contributed by atoms with Crippen LogP contribution in [0.2, 0.25) is 0 Å². The van der Waals surface area contributed by atoms with Crippen molar-refractivity contribution in [2.75, 3.05) is 26.2 Å². The molecule has 1 amide bonds. The van der Waals surface area contributed by atoms with Crippen molar-refractivity contribution in [1.29, 1.82) is 0 Å². The first-order chi connectivity index (χ1) is 11.5. The Hall–Kier alpha value is -1.88. The molecule has 0 aliphatic carbocycles. The van der Waals surface area contributed by atoms with Gasteiger partial charge < -0.3 is 14.9 Å². The van der Waals surface area contributed by atoms with Gasteiger partial charge >= 0.3 is 5.97 Å². The first-order valence-electron chi connectivity index (χ1n) is 8.75. The van der Waals surface area contributed by atoms with E-state index in [1.807, 2.05) is 6.07 Å². The lowest BCUT2D eigenvalue weighted by molar-refractivity contribution is -0.147. The molecule has 0 bridgehead atoms. The summed E-state index contributed by atoms with van der Waals surface area (Å²) in [5, 5.41) is 9.40. The molecule has 0 unspecified atom stereocenters. The van der Waals surface area contributed by atoms with Gasteiger partial charge in [0.1, 0.15) is 6.04 Å². The van der Waals surface area contributed by atoms with Gasteiger partial charge in [0.15, 0.2) is 0 Å². The summed E-state index contributed by atoms with van der Waals surface area (Å²) in [5.74, 6) is -0.987. The highest BCUT2D eigenvalue weighted by Crippen LogP contribution is 2.43. The van der Waals surface area contributed by atoms with Gasteiger partial charge in [-0.05, 0) is 49.8 Å². The molecule has 130 valence electrons. The van der Waals surface area contributed by atoms with Crippen LogP contribution in [0.25, 0.3) is 0 Å². The summed E-state index contributed by atoms with van der Waals surface area (Å²) in [7, 11) is 0. The van der Waals surface area contributed by atoms with E-state index in [0.717, 1.165) is 38.9 Å². The van der Waals surface area contributed by atoms with Crippen molar-refractivity contribution in [2.45, 2.75) is 38.6 Å². The number of carboxylic acids is 1. The highest BCUT2D eigenvalue weighted by Gasteiger charge is 2.48. The largest absolute Gasteiger partial charge is 0.480 e. The SMILES string of the molecule is CC(=O)N1CC2(CCN(CCc3ccccc3)CC2)C[C@H]1C(=O)O. The second kappa shape index (κ2) is 6.93. The highest BCUT2D eigenvalue weighted by molar-refractivity contribution is 5.83. The summed E-state index contributed by atoms with van der Waals surface area (Å²) in [6.45, 7) is 5.10. The van der Waals surface area contributed by atoms with E-state index >= 15 is 0 Å². The average molecular weight is 330 g/mol. The molecule has 1 N–H and O–H groups in total. The molecular weight excluding hydrogens is 304 g/mol. The molecule has 5 heteroatoms. The molecule has 5 nitrogen and oxygen atoms in total. The summed E-state index contributed by atoms with van der Waals surface area (Å²) in [6, 6.07) is 9.85. The van der Waals surface area contributed by atoms with E-state index in [4.69, 9.17) is 0 Å². The number of carbonyl (C=O) groups is 2. The van der Waals surface area contributed by atoms with Crippen molar-refractivity contribution in [3.8, 4) is 0 Å². The van der Waals surface area contributed by atoms with Crippen molar-refractivity contribution in [3.05, 3.63) is 35.9 Å². The van der Waals surface area contributed by atoms with Gasteiger partial charge in [0.2, 0.25) is 5.91 Å². The van der Waals surface area contributed by atoms with Crippen LogP contribution in [0.4, 0.5) is 0 Å². The monoisotopic (exact) mass is 330 g/mol. The van der Waals surface area contributed by atoms with E-state index < -0.39 is 12.0 Å². The van der Waals surface area contributed by atoms with E-state index in [1.165, 1.54) is 12.5 Å². The molecule has 0 aromatic heterocycles. The molecule has 1 atom stereocenters. The number of nitrogens with zero attached hydrogens (tertiary/aromatic N) is 2. The van der Waals surface area contributed by atoms with Gasteiger partial charge in [0, 0.05) is 20.0 Å². The van der Waals surface area contributed by atoms with Crippen LogP contribution in [0.3, 0.4) is 0 Å². The van der Waals surface area contributed by atoms with Crippen molar-refractivity contribution in [1.82, 2.24) is 9.80 Å². The maximum atomic E-state index is 11.8. The second-order valence-electron chi connectivity index (χ2n) is 7.28. The van der Waals surface area contributed by atoms with Crippen LogP contribution in [0, 0.1) is 5.41 Å². The first kappa shape index (κ1) is 17.0. The molecule has 2 aliphatic heterocycles. The Morgan fingerprint density at radius 2 is 1.88 bits per heavy atom. The predicted molar refractivity (Wildman–Crippen MR) is 91.7 cm³/mol. The maximum Gasteiger partial charge on any atom is 0.326 e. The van der Waals surface area contributed by atoms with E-state index in [2.05, 4.69) is 29.2 Å². The Morgan fingerprint density at radius 1 is 1.21 bits per heavy atom. The minimum Gasteiger partial charge on any atom is -0.480 e. The van der Waals surface area contributed by atoms with E-state index in [0.29, 0.717) is 13.0 Å². The summed E-state index contributed by atoms with van der Waals surface area (Å²) in [6.07, 6.45) is 3.62. The van der Waals surface area contributed by atoms with E-state index in [1.54, 1.807) is 4.90 Å². The lowest BCUT2D eigenvalue weighted by Gasteiger charge is -2.39. The molecule has 0 radical (unpaired) electrons. The van der Waals surface area contributed by atoms with Crippen molar-refractivity contribution >= 4 is 11.9 Å². The lowest BCUT2D eigenvalue weighted by atomic mass is 9.76. The average Bonchev–Trinajstić information content (AvgIpc) is 2.96. The van der Waals surface area contributed by atoms with Gasteiger partial charge in [-0.2, -0.15) is 0 Å². The topological polar surface area (TPSA) is 60.9 Å². The van der Waals surface area contributed by atoms with Crippen LogP contribution in [0.5, 0.6) is 0 Å². The van der Waals surface area contributed by atoms with Crippen LogP contribution in [0.15, 0.2) is 30.3 Å². The fourth-order valence-corrected chi connectivity index (χ4v) is 4.15. The summed E-state index contributed by atoms with van der Waals surface area (Å²) >= 11 is 0. The number of amides is 1. The zero-order valence-electron chi connectivity index (χ0n) is 14.3. The fourth-order valence-electron chi connectivity index (χ4n) is 4.15. The van der Waals surface area contributed by atoms with Crippen LogP contribution in [-0.4, -0.2) is 59.0 Å². The second-order valence-corrected chi connectivity index (χ2v) is 7.28. The highest BCUT2D eigenvalue weighted by atomic mass is 16.4. The van der Waals surface area contributed by atoms with Gasteiger partial charge in [-0.1, -0.05) is 30.3 Å². The summed E-state index contributed by atoms with van der Waals surface area (Å²) in [4.78, 5) is 27.2. The third kappa shape index (κ3) is 3.61. The normalized spacial score (nSPS) is 23.5. The number of hydrogen-bond donors (Lipinski definition) is 1. The number of piperidine rings is 1. The smallest absolute Gasteiger partial charge is 0.326 e. The molecule has 2 heterocycles. The van der Waals surface area contributed by atoms with E-state index in [9.17, 15) is 14.7 Å². The van der Waals surface area contributed by atoms with Gasteiger partial charge in [0.05, 0.1) is 0 Å². The van der Waals surface area contributed by atoms with E-state index in [-0.39, 0.29) is 11.3 Å².